The molecule has 0 aliphatic carbocycles. The largest absolute Gasteiger partial charge is 0.406 e. The topological polar surface area (TPSA) is 58.4 Å². The van der Waals surface area contributed by atoms with Gasteiger partial charge in [0.15, 0.2) is 0 Å². The maximum Gasteiger partial charge on any atom is 0.406 e. The number of hydrogen-bond acceptors (Lipinski definition) is 3. The molecule has 1 amide bonds. The van der Waals surface area contributed by atoms with Crippen LogP contribution in [0.2, 0.25) is 0 Å². The van der Waals surface area contributed by atoms with Crippen LogP contribution >= 0.6 is 0 Å². The van der Waals surface area contributed by atoms with Crippen molar-refractivity contribution in [2.75, 3.05) is 13.6 Å². The molecule has 1 heterocycles. The minimum absolute atomic E-state index is 0.199. The van der Waals surface area contributed by atoms with Crippen molar-refractivity contribution in [3.63, 3.8) is 0 Å². The summed E-state index contributed by atoms with van der Waals surface area (Å²) in [5.74, 6) is -0.521. The lowest BCUT2D eigenvalue weighted by atomic mass is 10.1. The summed E-state index contributed by atoms with van der Waals surface area (Å²) < 4.78 is 38.3. The van der Waals surface area contributed by atoms with Crippen LogP contribution in [-0.4, -0.2) is 45.2 Å². The van der Waals surface area contributed by atoms with Crippen LogP contribution in [0.3, 0.4) is 0 Å². The van der Waals surface area contributed by atoms with Crippen LogP contribution in [0.15, 0.2) is 42.7 Å². The minimum atomic E-state index is -4.45. The first-order chi connectivity index (χ1) is 10.8. The molecule has 2 rings (SSSR count). The third-order valence-corrected chi connectivity index (χ3v) is 3.26. The molecule has 0 saturated heterocycles. The number of carbonyl (C=O) groups is 1. The highest BCUT2D eigenvalue weighted by Crippen LogP contribution is 2.20. The highest BCUT2D eigenvalue weighted by atomic mass is 19.4. The number of carbonyl (C=O) groups excluding carboxylic acids is 1. The van der Waals surface area contributed by atoms with E-state index in [1.807, 2.05) is 0 Å². The molecular weight excluding hydrogens is 311 g/mol. The number of rotatable bonds is 5. The third kappa shape index (κ3) is 4.56. The van der Waals surface area contributed by atoms with Crippen molar-refractivity contribution in [3.05, 3.63) is 54.1 Å². The van der Waals surface area contributed by atoms with Crippen molar-refractivity contribution in [2.45, 2.75) is 18.8 Å². The van der Waals surface area contributed by atoms with Gasteiger partial charge in [-0.3, -0.25) is 4.79 Å². The first-order valence-electron chi connectivity index (χ1n) is 6.82. The SMILES string of the molecule is CN(CC(F)(F)F)C(=O)Cn1ccnc1[C@@H](O)c1ccccc1. The Kier molecular flexibility index (Phi) is 5.05. The van der Waals surface area contributed by atoms with Crippen molar-refractivity contribution in [2.24, 2.45) is 0 Å². The van der Waals surface area contributed by atoms with Gasteiger partial charge in [-0.15, -0.1) is 0 Å². The molecule has 2 aromatic rings. The number of hydrogen-bond donors (Lipinski definition) is 1. The predicted octanol–water partition coefficient (Wildman–Crippen LogP) is 1.99. The van der Waals surface area contributed by atoms with E-state index in [1.165, 1.54) is 17.0 Å². The van der Waals surface area contributed by atoms with Gasteiger partial charge >= 0.3 is 6.18 Å². The molecular formula is C15H16F3N3O2. The fourth-order valence-electron chi connectivity index (χ4n) is 2.11. The second kappa shape index (κ2) is 6.82. The van der Waals surface area contributed by atoms with Gasteiger partial charge in [0, 0.05) is 19.4 Å². The van der Waals surface area contributed by atoms with E-state index in [2.05, 4.69) is 4.98 Å². The number of nitrogens with zero attached hydrogens (tertiary/aromatic N) is 3. The van der Waals surface area contributed by atoms with Gasteiger partial charge in [0.1, 0.15) is 25.0 Å². The zero-order valence-corrected chi connectivity index (χ0v) is 12.4. The first kappa shape index (κ1) is 17.0. The Morgan fingerprint density at radius 2 is 2.00 bits per heavy atom. The number of benzene rings is 1. The monoisotopic (exact) mass is 327 g/mol. The molecule has 8 heteroatoms. The summed E-state index contributed by atoms with van der Waals surface area (Å²) in [6.07, 6.45) is -2.68. The average molecular weight is 327 g/mol. The van der Waals surface area contributed by atoms with Gasteiger partial charge in [-0.05, 0) is 5.56 Å². The number of halogens is 3. The molecule has 0 bridgehead atoms. The quantitative estimate of drug-likeness (QED) is 0.914. The number of imidazole rings is 1. The Bertz CT molecular complexity index is 655. The molecule has 1 atom stereocenters. The highest BCUT2D eigenvalue weighted by molar-refractivity contribution is 5.75. The molecule has 23 heavy (non-hydrogen) atoms. The molecule has 1 aromatic carbocycles. The minimum Gasteiger partial charge on any atom is -0.380 e. The lowest BCUT2D eigenvalue weighted by Gasteiger charge is -2.20. The van der Waals surface area contributed by atoms with Crippen LogP contribution in [-0.2, 0) is 11.3 Å². The molecule has 0 unspecified atom stereocenters. The van der Waals surface area contributed by atoms with Crippen LogP contribution in [0, 0.1) is 0 Å². The van der Waals surface area contributed by atoms with Crippen LogP contribution < -0.4 is 0 Å². The van der Waals surface area contributed by atoms with Crippen molar-refractivity contribution in [3.8, 4) is 0 Å². The summed E-state index contributed by atoms with van der Waals surface area (Å²) in [6.45, 7) is -1.65. The number of amides is 1. The normalized spacial score (nSPS) is 12.9. The summed E-state index contributed by atoms with van der Waals surface area (Å²) in [4.78, 5) is 16.5. The van der Waals surface area contributed by atoms with E-state index in [1.54, 1.807) is 30.3 Å². The number of alkyl halides is 3. The van der Waals surface area contributed by atoms with Crippen molar-refractivity contribution in [1.29, 1.82) is 0 Å². The summed E-state index contributed by atoms with van der Waals surface area (Å²) in [5.41, 5.74) is 0.580. The summed E-state index contributed by atoms with van der Waals surface area (Å²) >= 11 is 0. The van der Waals surface area contributed by atoms with E-state index in [0.717, 1.165) is 7.05 Å². The van der Waals surface area contributed by atoms with Gasteiger partial charge in [-0.2, -0.15) is 13.2 Å². The van der Waals surface area contributed by atoms with Crippen molar-refractivity contribution < 1.29 is 23.1 Å². The van der Waals surface area contributed by atoms with E-state index in [9.17, 15) is 23.1 Å². The van der Waals surface area contributed by atoms with Crippen LogP contribution in [0.25, 0.3) is 0 Å². The second-order valence-electron chi connectivity index (χ2n) is 5.09. The molecule has 0 aliphatic heterocycles. The maximum atomic E-state index is 12.3. The zero-order chi connectivity index (χ0) is 17.0. The smallest absolute Gasteiger partial charge is 0.380 e. The molecule has 1 aromatic heterocycles. The predicted molar refractivity (Wildman–Crippen MR) is 76.4 cm³/mol. The van der Waals surface area contributed by atoms with E-state index in [-0.39, 0.29) is 12.4 Å². The van der Waals surface area contributed by atoms with Gasteiger partial charge in [-0.25, -0.2) is 4.98 Å². The Morgan fingerprint density at radius 3 is 2.61 bits per heavy atom. The van der Waals surface area contributed by atoms with E-state index in [0.29, 0.717) is 10.5 Å². The molecule has 1 N–H and O–H groups in total. The average Bonchev–Trinajstić information content (AvgIpc) is 2.93. The molecule has 124 valence electrons. The Balaban J connectivity index is 2.11. The summed E-state index contributed by atoms with van der Waals surface area (Å²) in [5, 5.41) is 10.3. The molecule has 0 radical (unpaired) electrons. The van der Waals surface area contributed by atoms with E-state index in [4.69, 9.17) is 0 Å². The van der Waals surface area contributed by atoms with Gasteiger partial charge in [0.2, 0.25) is 5.91 Å². The molecule has 5 nitrogen and oxygen atoms in total. The van der Waals surface area contributed by atoms with Crippen molar-refractivity contribution >= 4 is 5.91 Å². The van der Waals surface area contributed by atoms with Gasteiger partial charge < -0.3 is 14.6 Å². The fourth-order valence-corrected chi connectivity index (χ4v) is 2.11. The molecule has 0 aliphatic rings. The molecule has 0 spiro atoms. The van der Waals surface area contributed by atoms with Gasteiger partial charge in [-0.1, -0.05) is 30.3 Å². The number of aliphatic hydroxyl groups is 1. The number of aliphatic hydroxyl groups excluding tert-OH is 1. The van der Waals surface area contributed by atoms with Crippen LogP contribution in [0.5, 0.6) is 0 Å². The first-order valence-corrected chi connectivity index (χ1v) is 6.82. The lowest BCUT2D eigenvalue weighted by Crippen LogP contribution is -2.38. The molecule has 0 fully saturated rings. The summed E-state index contributed by atoms with van der Waals surface area (Å²) in [7, 11) is 1.08. The Morgan fingerprint density at radius 1 is 1.35 bits per heavy atom. The number of aromatic nitrogens is 2. The second-order valence-corrected chi connectivity index (χ2v) is 5.09. The zero-order valence-electron chi connectivity index (χ0n) is 12.4. The van der Waals surface area contributed by atoms with E-state index >= 15 is 0 Å². The van der Waals surface area contributed by atoms with E-state index < -0.39 is 24.7 Å². The van der Waals surface area contributed by atoms with Crippen LogP contribution in [0.1, 0.15) is 17.5 Å². The van der Waals surface area contributed by atoms with Gasteiger partial charge in [0.05, 0.1) is 0 Å². The maximum absolute atomic E-state index is 12.3. The van der Waals surface area contributed by atoms with Gasteiger partial charge in [0.25, 0.3) is 0 Å². The Hall–Kier alpha value is -2.35. The summed E-state index contributed by atoms with van der Waals surface area (Å²) in [6, 6.07) is 8.67. The lowest BCUT2D eigenvalue weighted by molar-refractivity contribution is -0.158. The third-order valence-electron chi connectivity index (χ3n) is 3.26. The number of likely N-dealkylation sites (N-methyl/N-ethyl adjacent to an activating group) is 1. The fraction of sp³-hybridized carbons (Fsp3) is 0.333. The van der Waals surface area contributed by atoms with Crippen LogP contribution in [0.4, 0.5) is 13.2 Å². The highest BCUT2D eigenvalue weighted by Gasteiger charge is 2.31. The van der Waals surface area contributed by atoms with Crippen molar-refractivity contribution in [1.82, 2.24) is 14.5 Å². The molecule has 0 saturated carbocycles. The standard InChI is InChI=1S/C15H16F3N3O2/c1-20(10-15(16,17)18)12(22)9-21-8-7-19-14(21)13(23)11-5-3-2-4-6-11/h2-8,13,23H,9-10H2,1H3/t13-/m0/s1. The Labute approximate surface area is 131 Å².